The fraction of sp³-hybridized carbons (Fsp3) is 0.412. The largest absolute Gasteiger partial charge is 0.346 e. The van der Waals surface area contributed by atoms with Crippen LogP contribution in [0.15, 0.2) is 31.0 Å². The first-order valence-corrected chi connectivity index (χ1v) is 7.49. The van der Waals surface area contributed by atoms with Crippen molar-refractivity contribution in [1.29, 1.82) is 0 Å². The molecule has 1 atom stereocenters. The van der Waals surface area contributed by atoms with Crippen LogP contribution < -0.4 is 0 Å². The van der Waals surface area contributed by atoms with E-state index >= 15 is 0 Å². The Morgan fingerprint density at radius 3 is 3.13 bits per heavy atom. The van der Waals surface area contributed by atoms with Crippen molar-refractivity contribution in [3.8, 4) is 11.3 Å². The second kappa shape index (κ2) is 5.84. The summed E-state index contributed by atoms with van der Waals surface area (Å²) in [6, 6.07) is 1.18. The Balaban J connectivity index is 1.76. The molecular formula is C17H18N6. The number of aromatic nitrogens is 5. The van der Waals surface area contributed by atoms with Gasteiger partial charge in [0.25, 0.3) is 0 Å². The van der Waals surface area contributed by atoms with Crippen LogP contribution in [0.4, 0.5) is 0 Å². The molecular weight excluding hydrogens is 288 g/mol. The quantitative estimate of drug-likeness (QED) is 0.750. The summed E-state index contributed by atoms with van der Waals surface area (Å²) in [7, 11) is 0. The summed E-state index contributed by atoms with van der Waals surface area (Å²) in [5.74, 6) is -0.940. The van der Waals surface area contributed by atoms with Crippen LogP contribution in [-0.2, 0) is 0 Å². The second-order valence-electron chi connectivity index (χ2n) is 5.47. The first-order valence-electron chi connectivity index (χ1n) is 9.49. The van der Waals surface area contributed by atoms with E-state index in [-0.39, 0.29) is 19.4 Å². The molecule has 0 unspecified atom stereocenters. The molecule has 3 aromatic rings. The van der Waals surface area contributed by atoms with E-state index in [4.69, 9.17) is 12.1 Å². The molecule has 0 saturated heterocycles. The minimum atomic E-state index is -1.69. The van der Waals surface area contributed by atoms with Crippen LogP contribution in [-0.4, -0.2) is 31.3 Å². The predicted molar refractivity (Wildman–Crippen MR) is 87.6 cm³/mol. The third-order valence-electron chi connectivity index (χ3n) is 4.09. The molecule has 3 heterocycles. The number of hydrogen-bond acceptors (Lipinski definition) is 3. The highest BCUT2D eigenvalue weighted by Crippen LogP contribution is 2.35. The monoisotopic (exact) mass is 310 g/mol. The number of nitrogens with one attached hydrogen (secondary N) is 1. The zero-order chi connectivity index (χ0) is 19.2. The van der Waals surface area contributed by atoms with Crippen molar-refractivity contribution in [3.63, 3.8) is 0 Å². The van der Waals surface area contributed by atoms with Crippen molar-refractivity contribution in [3.05, 3.63) is 42.4 Å². The van der Waals surface area contributed by atoms with E-state index in [2.05, 4.69) is 24.9 Å². The summed E-state index contributed by atoms with van der Waals surface area (Å²) >= 11 is 0. The lowest BCUT2D eigenvalue weighted by molar-refractivity contribution is 0.329. The van der Waals surface area contributed by atoms with E-state index in [0.29, 0.717) is 11.3 Å². The summed E-state index contributed by atoms with van der Waals surface area (Å²) in [6.07, 6.45) is 3.47. The van der Waals surface area contributed by atoms with Crippen molar-refractivity contribution >= 4 is 11.0 Å². The molecule has 4 rings (SSSR count). The Morgan fingerprint density at radius 1 is 1.43 bits per heavy atom. The molecule has 1 aliphatic rings. The van der Waals surface area contributed by atoms with Gasteiger partial charge in [-0.3, -0.25) is 4.68 Å². The minimum absolute atomic E-state index is 0.0336. The molecule has 23 heavy (non-hydrogen) atoms. The molecule has 0 spiro atoms. The van der Waals surface area contributed by atoms with Crippen LogP contribution in [0.5, 0.6) is 0 Å². The van der Waals surface area contributed by atoms with E-state index in [0.717, 1.165) is 10.9 Å². The lowest BCUT2D eigenvalue weighted by Crippen LogP contribution is -2.20. The van der Waals surface area contributed by atoms with Crippen molar-refractivity contribution in [2.24, 2.45) is 5.92 Å². The van der Waals surface area contributed by atoms with Gasteiger partial charge in [-0.2, -0.15) is 5.10 Å². The molecule has 6 heteroatoms. The predicted octanol–water partition coefficient (Wildman–Crippen LogP) is 3.47. The van der Waals surface area contributed by atoms with Crippen LogP contribution in [0.3, 0.4) is 0 Å². The Bertz CT molecular complexity index is 1000. The van der Waals surface area contributed by atoms with E-state index in [1.807, 2.05) is 6.07 Å². The van der Waals surface area contributed by atoms with E-state index in [1.165, 1.54) is 11.0 Å². The van der Waals surface area contributed by atoms with Gasteiger partial charge >= 0.3 is 0 Å². The molecule has 1 saturated carbocycles. The molecule has 6 nitrogen and oxygen atoms in total. The molecule has 1 aliphatic carbocycles. The number of rotatable bonds is 4. The van der Waals surface area contributed by atoms with Crippen molar-refractivity contribution < 1.29 is 5.48 Å². The van der Waals surface area contributed by atoms with E-state index in [9.17, 15) is 0 Å². The van der Waals surface area contributed by atoms with Gasteiger partial charge in [0.2, 0.25) is 6.54 Å². The molecule has 116 valence electrons. The lowest BCUT2D eigenvalue weighted by Gasteiger charge is -2.18. The maximum absolute atomic E-state index is 8.27. The average molecular weight is 310 g/mol. The van der Waals surface area contributed by atoms with Crippen molar-refractivity contribution in [2.75, 3.05) is 6.54 Å². The Labute approximate surface area is 140 Å². The van der Waals surface area contributed by atoms with Gasteiger partial charge in [-0.15, -0.1) is 0 Å². The van der Waals surface area contributed by atoms with Gasteiger partial charge < -0.3 is 9.83 Å². The molecule has 1 N–H and O–H groups in total. The van der Waals surface area contributed by atoms with Gasteiger partial charge in [0.15, 0.2) is 0 Å². The van der Waals surface area contributed by atoms with E-state index in [1.54, 1.807) is 18.6 Å². The van der Waals surface area contributed by atoms with Crippen LogP contribution in [0, 0.1) is 12.5 Å². The molecule has 0 radical (unpaired) electrons. The maximum atomic E-state index is 8.27. The third-order valence-corrected chi connectivity index (χ3v) is 4.09. The highest BCUT2D eigenvalue weighted by molar-refractivity contribution is 5.89. The SMILES string of the molecule is [2H]C1([2H])CCC([2H])([2H])C1[C@@H](C[N+]#[C-])n1cc(-c2ncnc3[nH]ccc23)cn1. The molecule has 0 aliphatic heterocycles. The van der Waals surface area contributed by atoms with Gasteiger partial charge in [-0.25, -0.2) is 16.5 Å². The summed E-state index contributed by atoms with van der Waals surface area (Å²) in [4.78, 5) is 15.0. The fourth-order valence-electron chi connectivity index (χ4n) is 2.98. The van der Waals surface area contributed by atoms with Crippen LogP contribution in [0.1, 0.15) is 37.1 Å². The van der Waals surface area contributed by atoms with Crippen LogP contribution >= 0.6 is 0 Å². The molecule has 0 amide bonds. The third kappa shape index (κ3) is 2.48. The number of H-pyrrole nitrogens is 1. The van der Waals surface area contributed by atoms with Crippen LogP contribution in [0.25, 0.3) is 27.1 Å². The Morgan fingerprint density at radius 2 is 2.30 bits per heavy atom. The normalized spacial score (nSPS) is 23.6. The number of aromatic amines is 1. The Hall–Kier alpha value is -2.68. The summed E-state index contributed by atoms with van der Waals surface area (Å²) in [5.41, 5.74) is 2.11. The highest BCUT2D eigenvalue weighted by atomic mass is 15.3. The van der Waals surface area contributed by atoms with E-state index < -0.39 is 24.7 Å². The molecule has 1 fully saturated rings. The first-order chi connectivity index (χ1) is 12.8. The standard InChI is InChI=1S/C17H18N6/c1-18-9-15(12-4-2-3-5-12)23-10-13(8-22-23)16-14-6-7-19-17(14)21-11-20-16/h6-8,10-12,15H,2-5,9H2,(H,19,20,21)/t15-/m1/s1/i4D2,5D2. The van der Waals surface area contributed by atoms with Crippen LogP contribution in [0.2, 0.25) is 0 Å². The molecule has 3 aromatic heterocycles. The summed E-state index contributed by atoms with van der Waals surface area (Å²) in [6.45, 7) is 7.24. The topological polar surface area (TPSA) is 63.8 Å². The lowest BCUT2D eigenvalue weighted by atomic mass is 9.98. The summed E-state index contributed by atoms with van der Waals surface area (Å²) < 4.78 is 34.6. The minimum Gasteiger partial charge on any atom is -0.346 e. The zero-order valence-corrected chi connectivity index (χ0v) is 12.4. The molecule has 0 aromatic carbocycles. The van der Waals surface area contributed by atoms with Gasteiger partial charge in [-0.05, 0) is 24.7 Å². The number of fused-ring (bicyclic) bond motifs is 1. The highest BCUT2D eigenvalue weighted by Gasteiger charge is 2.29. The smallest absolute Gasteiger partial charge is 0.237 e. The maximum Gasteiger partial charge on any atom is 0.237 e. The van der Waals surface area contributed by atoms with Gasteiger partial charge in [0.05, 0.1) is 11.9 Å². The van der Waals surface area contributed by atoms with Crippen molar-refractivity contribution in [2.45, 2.75) is 31.6 Å². The zero-order valence-electron chi connectivity index (χ0n) is 16.4. The van der Waals surface area contributed by atoms with Crippen molar-refractivity contribution in [1.82, 2.24) is 24.7 Å². The average Bonchev–Trinajstić information content (AvgIpc) is 3.32. The molecule has 0 bridgehead atoms. The second-order valence-corrected chi connectivity index (χ2v) is 5.47. The Kier molecular flexibility index (Phi) is 2.58. The van der Waals surface area contributed by atoms with Gasteiger partial charge in [0, 0.05) is 28.8 Å². The number of nitrogens with zero attached hydrogens (tertiary/aromatic N) is 5. The van der Waals surface area contributed by atoms with Gasteiger partial charge in [0.1, 0.15) is 18.0 Å². The first kappa shape index (κ1) is 10.2. The fourth-order valence-corrected chi connectivity index (χ4v) is 2.98. The van der Waals surface area contributed by atoms with Gasteiger partial charge in [-0.1, -0.05) is 12.8 Å². The summed E-state index contributed by atoms with van der Waals surface area (Å²) in [5, 5.41) is 5.19. The number of hydrogen-bond donors (Lipinski definition) is 1.